The van der Waals surface area contributed by atoms with Crippen molar-refractivity contribution in [2.24, 2.45) is 33.4 Å². The lowest BCUT2D eigenvalue weighted by Gasteiger charge is -2.27. The van der Waals surface area contributed by atoms with Crippen molar-refractivity contribution in [3.8, 4) is 0 Å². The van der Waals surface area contributed by atoms with Crippen molar-refractivity contribution >= 4 is 65.6 Å². The highest BCUT2D eigenvalue weighted by molar-refractivity contribution is 7.95. The lowest BCUT2D eigenvalue weighted by molar-refractivity contribution is -0.884. The van der Waals surface area contributed by atoms with E-state index in [1.165, 1.54) is 48.9 Å². The summed E-state index contributed by atoms with van der Waals surface area (Å²) in [5.41, 5.74) is 4.11. The number of carbonyl (C=O) groups excluding carboxylic acids is 1. The number of benzene rings is 6. The molecule has 0 fully saturated rings. The van der Waals surface area contributed by atoms with Crippen molar-refractivity contribution in [2.45, 2.75) is 33.1 Å². The highest BCUT2D eigenvalue weighted by Gasteiger charge is 2.45. The van der Waals surface area contributed by atoms with Gasteiger partial charge < -0.3 is 80.4 Å². The van der Waals surface area contributed by atoms with Crippen molar-refractivity contribution in [3.63, 3.8) is 0 Å². The molecule has 8 nitrogen and oxygen atoms in total. The first-order valence-corrected chi connectivity index (χ1v) is 29.9. The standard InChI is InChI=1S/C24H23NP.C18H15P.C9H17N2.C8H14N2.C5H7N.C2H6.CH2O.ClH2N.2HI/c1-25-19-11-12-21(25)20-26(22-13-5-2-6-14-22,23-15-7-3-8-16-23)24-17-9-4-10-18-24;1-4-10-16(11-5-1)19(17-12-6-2-7-13-17)18-14-8-3-9-15-18;1-10-7-5-6-9(10)8-11(2,3)4;1-9(2)7-8-5-4-6-10(8)3;1-6-4-2-3-5-6;3*1-2;;/h2-19H,20H2,1H3;1-15H;5-7H,8H2,1-4H3;4-6H,7H2,1-3H3;2-5H,1H3;1-2H3;1H2;2H2;2*1H/q+1;;+1;;;;;;;/p-2. The van der Waals surface area contributed by atoms with E-state index >= 15 is 0 Å². The van der Waals surface area contributed by atoms with Crippen molar-refractivity contribution < 1.29 is 57.2 Å². The molecule has 10 rings (SSSR count). The number of hydrogen-bond acceptors (Lipinski definition) is 3. The Hall–Kier alpha value is -5.40. The molecular weight excluding hydrogens is 1270 g/mol. The van der Waals surface area contributed by atoms with Gasteiger partial charge in [0.25, 0.3) is 0 Å². The molecule has 6 aromatic carbocycles. The minimum absolute atomic E-state index is 0. The van der Waals surface area contributed by atoms with Gasteiger partial charge in [-0.3, -0.25) is 0 Å². The van der Waals surface area contributed by atoms with E-state index in [1.54, 1.807) is 0 Å². The number of quaternary nitrogens is 1. The predicted octanol–water partition coefficient (Wildman–Crippen LogP) is 6.26. The number of aromatic nitrogens is 4. The average Bonchev–Trinajstić information content (AvgIpc) is 4.32. The molecule has 0 bridgehead atoms. The van der Waals surface area contributed by atoms with Crippen LogP contribution in [0.5, 0.6) is 0 Å². The second-order valence-electron chi connectivity index (χ2n) is 19.2. The lowest BCUT2D eigenvalue weighted by atomic mass is 10.3. The average molecular weight is 1360 g/mol. The molecule has 0 spiro atoms. The Morgan fingerprint density at radius 2 is 0.725 bits per heavy atom. The van der Waals surface area contributed by atoms with Crippen LogP contribution in [0.25, 0.3) is 0 Å². The third-order valence-electron chi connectivity index (χ3n) is 12.1. The SMILES string of the molecule is C=O.CC.CN(C)Cc1cccn1C.Cn1cccc1.Cn1cccc1C[N+](C)(C)C.Cn1cccc1C[P+](c1ccccc1)(c1ccccc1)c1ccccc1.NCl.[I-].[I-].c1ccc(P(c2ccccc2)c2ccccc2)cc1. The zero-order chi connectivity index (χ0) is 57.2. The van der Waals surface area contributed by atoms with Gasteiger partial charge in [-0.25, -0.2) is 5.25 Å². The lowest BCUT2D eigenvalue weighted by Crippen LogP contribution is -3.00. The number of halogens is 3. The maximum Gasteiger partial charge on any atom is 0.119 e. The number of rotatable bonds is 12. The number of nitrogens with zero attached hydrogens (tertiary/aromatic N) is 6. The summed E-state index contributed by atoms with van der Waals surface area (Å²) >= 11 is 4.14. The maximum absolute atomic E-state index is 8.00. The third-order valence-corrected chi connectivity index (χ3v) is 18.8. The van der Waals surface area contributed by atoms with Crippen molar-refractivity contribution in [2.75, 3.05) is 35.2 Å². The van der Waals surface area contributed by atoms with Gasteiger partial charge >= 0.3 is 0 Å². The summed E-state index contributed by atoms with van der Waals surface area (Å²) in [5, 5.41) is 12.5. The van der Waals surface area contributed by atoms with E-state index < -0.39 is 15.2 Å². The fraction of sp³-hybridized carbons (Fsp3) is 0.209. The first-order chi connectivity index (χ1) is 37.8. The second kappa shape index (κ2) is 40.7. The van der Waals surface area contributed by atoms with Crippen molar-refractivity contribution in [1.82, 2.24) is 23.2 Å². The number of carbonyl (C=O) groups is 1. The number of aryl methyl sites for hydroxylation is 4. The van der Waals surface area contributed by atoms with E-state index in [9.17, 15) is 0 Å². The molecule has 0 aliphatic carbocycles. The highest BCUT2D eigenvalue weighted by atomic mass is 127. The van der Waals surface area contributed by atoms with Gasteiger partial charge in [-0.2, -0.15) is 0 Å². The molecule has 0 radical (unpaired) electrons. The predicted molar refractivity (Wildman–Crippen MR) is 343 cm³/mol. The largest absolute Gasteiger partial charge is 1.00 e. The summed E-state index contributed by atoms with van der Waals surface area (Å²) in [4.78, 5) is 10.2. The monoisotopic (exact) mass is 1360 g/mol. The molecule has 0 aliphatic heterocycles. The van der Waals surface area contributed by atoms with Crippen LogP contribution in [0.15, 0.2) is 262 Å². The van der Waals surface area contributed by atoms with Gasteiger partial charge in [-0.1, -0.05) is 159 Å². The van der Waals surface area contributed by atoms with Crippen LogP contribution in [-0.2, 0) is 52.2 Å². The van der Waals surface area contributed by atoms with Crippen LogP contribution in [-0.4, -0.2) is 69.7 Å². The van der Waals surface area contributed by atoms with E-state index in [2.05, 4.69) is 329 Å². The third kappa shape index (κ3) is 24.4. The van der Waals surface area contributed by atoms with E-state index in [0.717, 1.165) is 23.7 Å². The highest BCUT2D eigenvalue weighted by Crippen LogP contribution is 2.58. The Morgan fingerprint density at radius 1 is 0.438 bits per heavy atom. The van der Waals surface area contributed by atoms with Gasteiger partial charge in [0.2, 0.25) is 0 Å². The van der Waals surface area contributed by atoms with E-state index in [4.69, 9.17) is 4.79 Å². The molecule has 4 heterocycles. The molecule has 4 aromatic heterocycles. The Balaban J connectivity index is 0.000000521. The van der Waals surface area contributed by atoms with Gasteiger partial charge in [-0.15, -0.1) is 0 Å². The summed E-state index contributed by atoms with van der Waals surface area (Å²) in [6.07, 6.45) is 11.3. The molecule has 0 amide bonds. The molecule has 80 heavy (non-hydrogen) atoms. The molecule has 426 valence electrons. The molecule has 2 N–H and O–H groups in total. The summed E-state index contributed by atoms with van der Waals surface area (Å²) in [5.74, 6) is 0. The minimum Gasteiger partial charge on any atom is -1.00 e. The Kier molecular flexibility index (Phi) is 37.0. The molecule has 10 aromatic rings. The molecular formula is C67H86ClI2N7OP2. The first-order valence-electron chi connectivity index (χ1n) is 26.2. The van der Waals surface area contributed by atoms with Crippen molar-refractivity contribution in [3.05, 3.63) is 279 Å². The van der Waals surface area contributed by atoms with Crippen molar-refractivity contribution in [1.29, 1.82) is 0 Å². The summed E-state index contributed by atoms with van der Waals surface area (Å²) in [7, 11) is 16.8. The van der Waals surface area contributed by atoms with E-state index in [0.29, 0.717) is 0 Å². The van der Waals surface area contributed by atoms with Gasteiger partial charge in [0.05, 0.1) is 32.5 Å². The molecule has 0 atom stereocenters. The molecule has 0 saturated carbocycles. The normalized spacial score (nSPS) is 10.1. The molecule has 13 heteroatoms. The minimum atomic E-state index is -1.79. The Labute approximate surface area is 522 Å². The fourth-order valence-corrected chi connectivity index (χ4v) is 15.0. The van der Waals surface area contributed by atoms with E-state index in [-0.39, 0.29) is 48.0 Å². The van der Waals surface area contributed by atoms with Crippen LogP contribution in [0.2, 0.25) is 0 Å². The molecule has 0 saturated heterocycles. The quantitative estimate of drug-likeness (QED) is 0.0682. The molecule has 0 aliphatic rings. The second-order valence-corrected chi connectivity index (χ2v) is 24.9. The fourth-order valence-electron chi connectivity index (χ4n) is 8.40. The smallest absolute Gasteiger partial charge is 0.119 e. The van der Waals surface area contributed by atoms with Crippen LogP contribution in [0.3, 0.4) is 0 Å². The van der Waals surface area contributed by atoms with Crippen LogP contribution in [0.1, 0.15) is 30.9 Å². The topological polar surface area (TPSA) is 66.0 Å². The summed E-state index contributed by atoms with van der Waals surface area (Å²) < 4.78 is 9.55. The van der Waals surface area contributed by atoms with Crippen LogP contribution in [0.4, 0.5) is 0 Å². The maximum atomic E-state index is 8.00. The molecule has 0 unspecified atom stereocenters. The summed E-state index contributed by atoms with van der Waals surface area (Å²) in [6.45, 7) is 8.10. The van der Waals surface area contributed by atoms with Gasteiger partial charge in [0, 0.05) is 71.4 Å². The Bertz CT molecular complexity index is 2840. The zero-order valence-electron chi connectivity index (χ0n) is 48.9. The van der Waals surface area contributed by atoms with Crippen LogP contribution >= 0.6 is 27.0 Å². The van der Waals surface area contributed by atoms with E-state index in [1.807, 2.05) is 56.8 Å². The zero-order valence-corrected chi connectivity index (χ0v) is 55.7. The number of nitrogens with two attached hydrogens (primary N) is 1. The summed E-state index contributed by atoms with van der Waals surface area (Å²) in [6, 6.07) is 82.3. The number of hydrogen-bond donors (Lipinski definition) is 1. The van der Waals surface area contributed by atoms with Gasteiger partial charge in [0.1, 0.15) is 42.7 Å². The first kappa shape index (κ1) is 72.6. The van der Waals surface area contributed by atoms with Crippen LogP contribution < -0.4 is 85.0 Å². The van der Waals surface area contributed by atoms with Gasteiger partial charge in [0.15, 0.2) is 0 Å². The van der Waals surface area contributed by atoms with Crippen LogP contribution in [0, 0.1) is 0 Å². The Morgan fingerprint density at radius 3 is 0.975 bits per heavy atom. The van der Waals surface area contributed by atoms with Gasteiger partial charge in [-0.05, 0) is 135 Å².